The van der Waals surface area contributed by atoms with Crippen molar-refractivity contribution in [3.63, 3.8) is 0 Å². The van der Waals surface area contributed by atoms with Crippen molar-refractivity contribution in [3.05, 3.63) is 30.4 Å². The Hall–Kier alpha value is 0.110. The summed E-state index contributed by atoms with van der Waals surface area (Å²) in [4.78, 5) is 11.8. The van der Waals surface area contributed by atoms with Crippen molar-refractivity contribution in [2.24, 2.45) is 0 Å². The highest BCUT2D eigenvalue weighted by molar-refractivity contribution is 14.1. The molecule has 16 heavy (non-hydrogen) atoms. The van der Waals surface area contributed by atoms with E-state index in [1.165, 1.54) is 0 Å². The summed E-state index contributed by atoms with van der Waals surface area (Å²) in [5.74, 6) is -0.331. The standard InChI is InChI=1S/C11H12I2O3/c1-3-15-6-16-11(14)10-8(12)4-7(2)5-9(10)13/h4-5H,3,6H2,1-2H3. The van der Waals surface area contributed by atoms with E-state index in [4.69, 9.17) is 9.47 Å². The number of benzene rings is 1. The highest BCUT2D eigenvalue weighted by atomic mass is 127. The van der Waals surface area contributed by atoms with Crippen LogP contribution in [0.3, 0.4) is 0 Å². The molecule has 0 saturated heterocycles. The molecule has 0 fully saturated rings. The Morgan fingerprint density at radius 3 is 2.38 bits per heavy atom. The molecule has 0 bridgehead atoms. The summed E-state index contributed by atoms with van der Waals surface area (Å²) in [6.45, 7) is 4.40. The Morgan fingerprint density at radius 1 is 1.31 bits per heavy atom. The first-order valence-corrected chi connectivity index (χ1v) is 6.92. The fourth-order valence-electron chi connectivity index (χ4n) is 1.15. The second-order valence-electron chi connectivity index (χ2n) is 3.15. The monoisotopic (exact) mass is 446 g/mol. The van der Waals surface area contributed by atoms with Crippen LogP contribution in [0.15, 0.2) is 12.1 Å². The zero-order chi connectivity index (χ0) is 12.1. The molecule has 0 atom stereocenters. The third kappa shape index (κ3) is 3.85. The van der Waals surface area contributed by atoms with Crippen molar-refractivity contribution >= 4 is 51.2 Å². The second kappa shape index (κ2) is 6.75. The molecular formula is C11H12I2O3. The zero-order valence-corrected chi connectivity index (χ0v) is 13.4. The molecule has 0 aliphatic rings. The maximum absolute atomic E-state index is 11.8. The predicted octanol–water partition coefficient (Wildman–Crippen LogP) is 3.36. The lowest BCUT2D eigenvalue weighted by molar-refractivity contribution is -0.0276. The maximum Gasteiger partial charge on any atom is 0.342 e. The number of hydrogen-bond donors (Lipinski definition) is 0. The van der Waals surface area contributed by atoms with Crippen LogP contribution in [0.2, 0.25) is 0 Å². The average molecular weight is 446 g/mol. The minimum atomic E-state index is -0.331. The van der Waals surface area contributed by atoms with Crippen molar-refractivity contribution in [2.45, 2.75) is 13.8 Å². The van der Waals surface area contributed by atoms with Crippen LogP contribution in [-0.4, -0.2) is 19.4 Å². The van der Waals surface area contributed by atoms with Gasteiger partial charge in [0.25, 0.3) is 0 Å². The predicted molar refractivity (Wildman–Crippen MR) is 78.5 cm³/mol. The third-order valence-corrected chi connectivity index (χ3v) is 3.57. The first-order valence-electron chi connectivity index (χ1n) is 4.76. The van der Waals surface area contributed by atoms with Crippen molar-refractivity contribution in [1.29, 1.82) is 0 Å². The van der Waals surface area contributed by atoms with Gasteiger partial charge in [0.1, 0.15) is 0 Å². The molecule has 0 aliphatic heterocycles. The van der Waals surface area contributed by atoms with E-state index in [9.17, 15) is 4.79 Å². The minimum absolute atomic E-state index is 0.00930. The molecule has 88 valence electrons. The Kier molecular flexibility index (Phi) is 5.98. The summed E-state index contributed by atoms with van der Waals surface area (Å²) >= 11 is 4.28. The smallest absolute Gasteiger partial charge is 0.342 e. The molecule has 0 N–H and O–H groups in total. The molecule has 0 unspecified atom stereocenters. The molecule has 1 rings (SSSR count). The normalized spacial score (nSPS) is 10.2. The van der Waals surface area contributed by atoms with Gasteiger partial charge >= 0.3 is 5.97 Å². The first-order chi connectivity index (χ1) is 7.56. The average Bonchev–Trinajstić information content (AvgIpc) is 2.16. The van der Waals surface area contributed by atoms with E-state index in [0.717, 1.165) is 12.7 Å². The van der Waals surface area contributed by atoms with E-state index in [-0.39, 0.29) is 12.8 Å². The number of hydrogen-bond acceptors (Lipinski definition) is 3. The van der Waals surface area contributed by atoms with Gasteiger partial charge in [0.2, 0.25) is 0 Å². The Morgan fingerprint density at radius 2 is 1.88 bits per heavy atom. The van der Waals surface area contributed by atoms with Crippen LogP contribution in [0.25, 0.3) is 0 Å². The summed E-state index contributed by atoms with van der Waals surface area (Å²) in [5.41, 5.74) is 1.75. The molecule has 0 saturated carbocycles. The van der Waals surface area contributed by atoms with E-state index in [1.54, 1.807) is 0 Å². The van der Waals surface area contributed by atoms with Gasteiger partial charge in [-0.15, -0.1) is 0 Å². The van der Waals surface area contributed by atoms with Crippen LogP contribution in [-0.2, 0) is 9.47 Å². The van der Waals surface area contributed by atoms with Gasteiger partial charge in [-0.05, 0) is 76.7 Å². The Balaban J connectivity index is 2.83. The minimum Gasteiger partial charge on any atom is -0.435 e. The van der Waals surface area contributed by atoms with Gasteiger partial charge in [-0.1, -0.05) is 0 Å². The van der Waals surface area contributed by atoms with E-state index < -0.39 is 0 Å². The molecule has 0 aliphatic carbocycles. The van der Waals surface area contributed by atoms with Crippen LogP contribution < -0.4 is 0 Å². The van der Waals surface area contributed by atoms with Crippen LogP contribution in [0.4, 0.5) is 0 Å². The van der Waals surface area contributed by atoms with E-state index in [1.807, 2.05) is 26.0 Å². The molecule has 0 amide bonds. The molecule has 0 spiro atoms. The fourth-order valence-corrected chi connectivity index (χ4v) is 3.67. The summed E-state index contributed by atoms with van der Waals surface area (Å²) < 4.78 is 11.8. The molecule has 3 nitrogen and oxygen atoms in total. The molecule has 1 aromatic rings. The molecule has 0 aromatic heterocycles. The Labute approximate surface area is 122 Å². The van der Waals surface area contributed by atoms with Crippen molar-refractivity contribution in [1.82, 2.24) is 0 Å². The maximum atomic E-state index is 11.8. The topological polar surface area (TPSA) is 35.5 Å². The van der Waals surface area contributed by atoms with Crippen molar-refractivity contribution in [3.8, 4) is 0 Å². The lowest BCUT2D eigenvalue weighted by Crippen LogP contribution is -2.12. The number of rotatable bonds is 4. The Bertz CT molecular complexity index is 368. The van der Waals surface area contributed by atoms with Crippen molar-refractivity contribution in [2.75, 3.05) is 13.4 Å². The van der Waals surface area contributed by atoms with Gasteiger partial charge in [-0.25, -0.2) is 4.79 Å². The van der Waals surface area contributed by atoms with E-state index in [0.29, 0.717) is 12.2 Å². The van der Waals surface area contributed by atoms with Crippen LogP contribution in [0.5, 0.6) is 0 Å². The largest absolute Gasteiger partial charge is 0.435 e. The molecular weight excluding hydrogens is 434 g/mol. The van der Waals surface area contributed by atoms with Crippen LogP contribution in [0.1, 0.15) is 22.8 Å². The highest BCUT2D eigenvalue weighted by Crippen LogP contribution is 2.22. The fraction of sp³-hybridized carbons (Fsp3) is 0.364. The van der Waals surface area contributed by atoms with E-state index in [2.05, 4.69) is 45.2 Å². The quantitative estimate of drug-likeness (QED) is 0.308. The molecule has 1 aromatic carbocycles. The first kappa shape index (κ1) is 14.2. The summed E-state index contributed by atoms with van der Waals surface area (Å²) in [7, 11) is 0. The third-order valence-electron chi connectivity index (χ3n) is 1.87. The summed E-state index contributed by atoms with van der Waals surface area (Å²) in [6, 6.07) is 3.92. The van der Waals surface area contributed by atoms with E-state index >= 15 is 0 Å². The van der Waals surface area contributed by atoms with Crippen molar-refractivity contribution < 1.29 is 14.3 Å². The number of carbonyl (C=O) groups excluding carboxylic acids is 1. The SMILES string of the molecule is CCOCOC(=O)c1c(I)cc(C)cc1I. The molecule has 5 heteroatoms. The summed E-state index contributed by atoms with van der Waals surface area (Å²) in [6.07, 6.45) is 0. The van der Waals surface area contributed by atoms with Crippen LogP contribution >= 0.6 is 45.2 Å². The number of aryl methyl sites for hydroxylation is 1. The van der Waals surface area contributed by atoms with Gasteiger partial charge in [0, 0.05) is 13.7 Å². The zero-order valence-electron chi connectivity index (χ0n) is 9.05. The number of esters is 1. The molecule has 0 radical (unpaired) electrons. The van der Waals surface area contributed by atoms with Gasteiger partial charge in [0.15, 0.2) is 6.79 Å². The second-order valence-corrected chi connectivity index (χ2v) is 5.47. The summed E-state index contributed by atoms with van der Waals surface area (Å²) in [5, 5.41) is 0. The number of ether oxygens (including phenoxy) is 2. The lowest BCUT2D eigenvalue weighted by atomic mass is 10.1. The lowest BCUT2D eigenvalue weighted by Gasteiger charge is -2.09. The van der Waals surface area contributed by atoms with Gasteiger partial charge < -0.3 is 9.47 Å². The number of halogens is 2. The van der Waals surface area contributed by atoms with Gasteiger partial charge in [-0.3, -0.25) is 0 Å². The highest BCUT2D eigenvalue weighted by Gasteiger charge is 2.15. The number of carbonyl (C=O) groups is 1. The van der Waals surface area contributed by atoms with Gasteiger partial charge in [0.05, 0.1) is 5.56 Å². The van der Waals surface area contributed by atoms with Crippen LogP contribution in [0, 0.1) is 14.1 Å². The molecule has 0 heterocycles. The van der Waals surface area contributed by atoms with Gasteiger partial charge in [-0.2, -0.15) is 0 Å².